The van der Waals surface area contributed by atoms with Crippen molar-refractivity contribution in [3.63, 3.8) is 0 Å². The van der Waals surface area contributed by atoms with Crippen LogP contribution in [-0.4, -0.2) is 57.3 Å². The van der Waals surface area contributed by atoms with E-state index in [9.17, 15) is 13.2 Å². The number of carbonyl (C=O) groups excluding carboxylic acids is 1. The molecule has 2 aromatic carbocycles. The molecule has 2 heterocycles. The monoisotopic (exact) mass is 671 g/mol. The van der Waals surface area contributed by atoms with E-state index in [2.05, 4.69) is 4.98 Å². The molecule has 1 aromatic heterocycles. The van der Waals surface area contributed by atoms with E-state index in [1.807, 2.05) is 6.92 Å². The molecule has 0 atom stereocenters. The average Bonchev–Trinajstić information content (AvgIpc) is 3.63. The first-order chi connectivity index (χ1) is 20.7. The molecule has 238 valence electrons. The molecule has 4 rings (SSSR count). The van der Waals surface area contributed by atoms with Crippen LogP contribution in [-0.2, 0) is 21.3 Å². The van der Waals surface area contributed by atoms with Gasteiger partial charge in [-0.2, -0.15) is 0 Å². The van der Waals surface area contributed by atoms with Gasteiger partial charge in [0.15, 0.2) is 27.4 Å². The van der Waals surface area contributed by atoms with Crippen LogP contribution in [0.3, 0.4) is 0 Å². The predicted octanol–water partition coefficient (Wildman–Crippen LogP) is 6.78. The van der Waals surface area contributed by atoms with Crippen LogP contribution in [0.5, 0.6) is 17.2 Å². The summed E-state index contributed by atoms with van der Waals surface area (Å²) in [4.78, 5) is 16.8. The largest absolute Gasteiger partial charge is 0.497 e. The van der Waals surface area contributed by atoms with E-state index >= 15 is 8.78 Å². The van der Waals surface area contributed by atoms with Crippen LogP contribution in [0.4, 0.5) is 18.7 Å². The summed E-state index contributed by atoms with van der Waals surface area (Å²) in [5.74, 6) is -2.39. The highest BCUT2D eigenvalue weighted by molar-refractivity contribution is 7.93. The maximum absolute atomic E-state index is 15.8. The van der Waals surface area contributed by atoms with E-state index in [0.717, 1.165) is 15.6 Å². The highest BCUT2D eigenvalue weighted by atomic mass is 35.5. The molecule has 1 aliphatic heterocycles. The maximum Gasteiger partial charge on any atom is 0.410 e. The zero-order valence-electron chi connectivity index (χ0n) is 24.9. The zero-order chi connectivity index (χ0) is 32.4. The van der Waals surface area contributed by atoms with Crippen molar-refractivity contribution in [3.05, 3.63) is 69.4 Å². The summed E-state index contributed by atoms with van der Waals surface area (Å²) in [5.41, 5.74) is 0.344. The van der Waals surface area contributed by atoms with Gasteiger partial charge in [-0.1, -0.05) is 18.5 Å². The molecule has 3 aromatic rings. The van der Waals surface area contributed by atoms with Crippen molar-refractivity contribution in [2.45, 2.75) is 51.2 Å². The van der Waals surface area contributed by atoms with Crippen molar-refractivity contribution >= 4 is 44.2 Å². The molecule has 1 aliphatic rings. The normalized spacial score (nSPS) is 13.7. The third-order valence-electron chi connectivity index (χ3n) is 6.49. The van der Waals surface area contributed by atoms with Crippen LogP contribution in [0.25, 0.3) is 0 Å². The number of nitrogens with zero attached hydrogens (tertiary/aromatic N) is 3. The molecule has 15 heteroatoms. The number of sulfonamides is 1. The van der Waals surface area contributed by atoms with Gasteiger partial charge in [-0.15, -0.1) is 11.3 Å². The Hall–Kier alpha value is -3.62. The summed E-state index contributed by atoms with van der Waals surface area (Å²) in [5, 5.41) is 0.745. The van der Waals surface area contributed by atoms with Crippen molar-refractivity contribution in [1.29, 1.82) is 0 Å². The number of ether oxygens (including phenoxy) is 4. The number of thiazole rings is 1. The third kappa shape index (κ3) is 7.02. The fourth-order valence-corrected chi connectivity index (χ4v) is 7.00. The smallest absolute Gasteiger partial charge is 0.410 e. The van der Waals surface area contributed by atoms with Crippen molar-refractivity contribution in [1.82, 2.24) is 9.88 Å². The van der Waals surface area contributed by atoms with Gasteiger partial charge in [-0.3, -0.25) is 4.90 Å². The topological polar surface area (TPSA) is 108 Å². The lowest BCUT2D eigenvalue weighted by molar-refractivity contribution is 0.0291. The molecule has 1 amide bonds. The fourth-order valence-electron chi connectivity index (χ4n) is 4.37. The lowest BCUT2D eigenvalue weighted by Crippen LogP contribution is -2.36. The fraction of sp³-hybridized carbons (Fsp3) is 0.379. The van der Waals surface area contributed by atoms with Crippen molar-refractivity contribution in [2.75, 3.05) is 31.6 Å². The first kappa shape index (κ1) is 33.3. The van der Waals surface area contributed by atoms with Gasteiger partial charge < -0.3 is 18.9 Å². The van der Waals surface area contributed by atoms with Gasteiger partial charge in [-0.05, 0) is 44.9 Å². The predicted molar refractivity (Wildman–Crippen MR) is 162 cm³/mol. The number of rotatable bonds is 10. The number of carbonyl (C=O) groups is 1. The van der Waals surface area contributed by atoms with Crippen LogP contribution >= 0.6 is 22.9 Å². The number of aromatic nitrogens is 1. The summed E-state index contributed by atoms with van der Waals surface area (Å²) in [6, 6.07) is 5.44. The molecular formula is C29H32ClF2N3O7S2. The van der Waals surface area contributed by atoms with Gasteiger partial charge in [0.1, 0.15) is 27.9 Å². The van der Waals surface area contributed by atoms with Gasteiger partial charge in [0.2, 0.25) is 0 Å². The molecule has 0 N–H and O–H groups in total. The molecule has 10 nitrogen and oxygen atoms in total. The standard InChI is InChI=1S/C29H32ClF2N3O7S2/c1-7-17-14-34(28(36)42-29(2,3)4)16-23(17)41-22-13-20(31)26(25(32)24(22)30)44(37,38)35(27-33-10-11-43-27)15-18-8-9-19(39-5)12-21(18)40-6/h8-13H,7,14-16H2,1-6H3. The molecule has 0 radical (unpaired) electrons. The molecule has 0 unspecified atom stereocenters. The average molecular weight is 672 g/mol. The van der Waals surface area contributed by atoms with Gasteiger partial charge in [0.25, 0.3) is 10.0 Å². The molecule has 0 saturated carbocycles. The summed E-state index contributed by atoms with van der Waals surface area (Å²) in [6.07, 6.45) is 1.26. The van der Waals surface area contributed by atoms with E-state index in [0.29, 0.717) is 35.1 Å². The molecule has 0 aliphatic carbocycles. The minimum absolute atomic E-state index is 0.0285. The van der Waals surface area contributed by atoms with Crippen LogP contribution < -0.4 is 18.5 Å². The Morgan fingerprint density at radius 2 is 1.86 bits per heavy atom. The SMILES string of the molecule is CCC1=C(Oc2cc(F)c(S(=O)(=O)N(Cc3ccc(OC)cc3OC)c3nccs3)c(F)c2Cl)CN(C(=O)OC(C)(C)C)C1. The molecular weight excluding hydrogens is 640 g/mol. The van der Waals surface area contributed by atoms with Crippen molar-refractivity contribution in [2.24, 2.45) is 0 Å². The van der Waals surface area contributed by atoms with Gasteiger partial charge in [0, 0.05) is 35.8 Å². The summed E-state index contributed by atoms with van der Waals surface area (Å²) < 4.78 is 81.9. The van der Waals surface area contributed by atoms with Gasteiger partial charge in [-0.25, -0.2) is 31.3 Å². The highest BCUT2D eigenvalue weighted by Gasteiger charge is 2.37. The third-order valence-corrected chi connectivity index (χ3v) is 9.53. The number of benzene rings is 2. The quantitative estimate of drug-likeness (QED) is 0.217. The van der Waals surface area contributed by atoms with Crippen molar-refractivity contribution in [3.8, 4) is 17.2 Å². The van der Waals surface area contributed by atoms with Crippen LogP contribution in [0.15, 0.2) is 52.1 Å². The first-order valence-corrected chi connectivity index (χ1v) is 16.1. The number of halogens is 3. The Kier molecular flexibility index (Phi) is 9.96. The number of hydrogen-bond donors (Lipinski definition) is 0. The van der Waals surface area contributed by atoms with Crippen LogP contribution in [0.2, 0.25) is 5.02 Å². The van der Waals surface area contributed by atoms with E-state index in [4.69, 9.17) is 30.5 Å². The van der Waals surface area contributed by atoms with E-state index in [1.165, 1.54) is 30.7 Å². The lowest BCUT2D eigenvalue weighted by Gasteiger charge is -2.24. The number of methoxy groups -OCH3 is 2. The zero-order valence-corrected chi connectivity index (χ0v) is 27.3. The Morgan fingerprint density at radius 1 is 1.14 bits per heavy atom. The second kappa shape index (κ2) is 13.2. The Morgan fingerprint density at radius 3 is 2.45 bits per heavy atom. The minimum Gasteiger partial charge on any atom is -0.497 e. The Balaban J connectivity index is 1.69. The van der Waals surface area contributed by atoms with Gasteiger partial charge in [0.05, 0.1) is 27.3 Å². The number of amides is 1. The first-order valence-electron chi connectivity index (χ1n) is 13.4. The second-order valence-electron chi connectivity index (χ2n) is 10.6. The molecule has 0 bridgehead atoms. The highest BCUT2D eigenvalue weighted by Crippen LogP contribution is 2.39. The summed E-state index contributed by atoms with van der Waals surface area (Å²) in [6.45, 7) is 6.82. The summed E-state index contributed by atoms with van der Waals surface area (Å²) in [7, 11) is -2.06. The number of hydrogen-bond acceptors (Lipinski definition) is 9. The van der Waals surface area contributed by atoms with E-state index in [-0.39, 0.29) is 30.5 Å². The Bertz CT molecular complexity index is 1680. The minimum atomic E-state index is -4.92. The number of anilines is 1. The van der Waals surface area contributed by atoms with Crippen LogP contribution in [0, 0.1) is 11.6 Å². The van der Waals surface area contributed by atoms with Crippen molar-refractivity contribution < 1.29 is 40.9 Å². The lowest BCUT2D eigenvalue weighted by atomic mass is 10.2. The molecule has 0 spiro atoms. The van der Waals surface area contributed by atoms with Crippen LogP contribution in [0.1, 0.15) is 39.7 Å². The molecule has 0 saturated heterocycles. The maximum atomic E-state index is 15.8. The summed E-state index contributed by atoms with van der Waals surface area (Å²) >= 11 is 7.24. The van der Waals surface area contributed by atoms with Gasteiger partial charge >= 0.3 is 6.09 Å². The van der Waals surface area contributed by atoms with E-state index in [1.54, 1.807) is 39.0 Å². The second-order valence-corrected chi connectivity index (χ2v) is 13.7. The Labute approximate surface area is 263 Å². The van der Waals surface area contributed by atoms with E-state index < -0.39 is 49.0 Å². The molecule has 44 heavy (non-hydrogen) atoms. The molecule has 0 fully saturated rings.